The molecule has 0 aromatic carbocycles. The molecule has 1 aliphatic heterocycles. The van der Waals surface area contributed by atoms with Crippen molar-refractivity contribution in [2.45, 2.75) is 39.2 Å². The minimum Gasteiger partial charge on any atom is -0.380 e. The van der Waals surface area contributed by atoms with Crippen LogP contribution < -0.4 is 11.1 Å². The third kappa shape index (κ3) is 3.18. The van der Waals surface area contributed by atoms with Crippen molar-refractivity contribution in [2.24, 2.45) is 11.1 Å². The van der Waals surface area contributed by atoms with Gasteiger partial charge in [-0.15, -0.1) is 0 Å². The highest BCUT2D eigenvalue weighted by atomic mass is 16.5. The molecular weight excluding hydrogens is 192 g/mol. The molecule has 0 aromatic heterocycles. The van der Waals surface area contributed by atoms with Crippen LogP contribution in [0.1, 0.15) is 33.6 Å². The van der Waals surface area contributed by atoms with Crippen LogP contribution in [0, 0.1) is 5.41 Å². The van der Waals surface area contributed by atoms with Gasteiger partial charge in [0.25, 0.3) is 0 Å². The highest BCUT2D eigenvalue weighted by Gasteiger charge is 2.35. The molecule has 0 aliphatic carbocycles. The summed E-state index contributed by atoms with van der Waals surface area (Å²) in [5.74, 6) is -0.0579. The van der Waals surface area contributed by atoms with Crippen molar-refractivity contribution >= 4 is 5.91 Å². The number of nitrogens with one attached hydrogen (secondary N) is 1. The second kappa shape index (κ2) is 4.49. The van der Waals surface area contributed by atoms with Crippen molar-refractivity contribution in [3.05, 3.63) is 0 Å². The van der Waals surface area contributed by atoms with Gasteiger partial charge in [-0.3, -0.25) is 4.79 Å². The van der Waals surface area contributed by atoms with Crippen molar-refractivity contribution in [3.63, 3.8) is 0 Å². The highest BCUT2D eigenvalue weighted by Crippen LogP contribution is 2.25. The molecule has 4 nitrogen and oxygen atoms in total. The molecule has 0 radical (unpaired) electrons. The van der Waals surface area contributed by atoms with E-state index >= 15 is 0 Å². The third-order valence-electron chi connectivity index (χ3n) is 2.86. The molecule has 1 saturated heterocycles. The van der Waals surface area contributed by atoms with E-state index in [1.165, 1.54) is 0 Å². The van der Waals surface area contributed by atoms with Gasteiger partial charge in [-0.05, 0) is 13.3 Å². The number of hydrogen-bond donors (Lipinski definition) is 2. The summed E-state index contributed by atoms with van der Waals surface area (Å²) in [6.07, 6.45) is 1.63. The van der Waals surface area contributed by atoms with Gasteiger partial charge < -0.3 is 15.8 Å². The zero-order chi connectivity index (χ0) is 11.5. The summed E-state index contributed by atoms with van der Waals surface area (Å²) in [6.45, 7) is 8.02. The number of rotatable bonds is 5. The largest absolute Gasteiger partial charge is 0.380 e. The molecule has 1 fully saturated rings. The van der Waals surface area contributed by atoms with E-state index in [2.05, 4.69) is 12.2 Å². The van der Waals surface area contributed by atoms with Crippen molar-refractivity contribution in [1.29, 1.82) is 0 Å². The molecule has 1 heterocycles. The molecule has 1 aliphatic rings. The molecule has 1 amide bonds. The number of carbonyl (C=O) groups is 1. The summed E-state index contributed by atoms with van der Waals surface area (Å²) < 4.78 is 5.12. The molecule has 4 heteroatoms. The van der Waals surface area contributed by atoms with E-state index < -0.39 is 5.54 Å². The van der Waals surface area contributed by atoms with Crippen LogP contribution >= 0.6 is 0 Å². The molecule has 88 valence electrons. The first-order chi connectivity index (χ1) is 6.90. The number of ether oxygens (including phenoxy) is 1. The van der Waals surface area contributed by atoms with Crippen LogP contribution in [0.25, 0.3) is 0 Å². The van der Waals surface area contributed by atoms with Gasteiger partial charge in [0.1, 0.15) is 0 Å². The van der Waals surface area contributed by atoms with Gasteiger partial charge >= 0.3 is 0 Å². The number of nitrogens with two attached hydrogens (primary N) is 1. The number of hydrogen-bond acceptors (Lipinski definition) is 3. The highest BCUT2D eigenvalue weighted by molar-refractivity contribution is 5.85. The predicted octanol–water partition coefficient (Wildman–Crippen LogP) is 0.657. The molecule has 1 unspecified atom stereocenters. The van der Waals surface area contributed by atoms with E-state index in [0.717, 1.165) is 19.6 Å². The predicted molar refractivity (Wildman–Crippen MR) is 59.4 cm³/mol. The second-order valence-electron chi connectivity index (χ2n) is 5.15. The quantitative estimate of drug-likeness (QED) is 0.706. The monoisotopic (exact) mass is 214 g/mol. The lowest BCUT2D eigenvalue weighted by molar-refractivity contribution is -0.131. The average molecular weight is 214 g/mol. The van der Waals surface area contributed by atoms with Crippen LogP contribution in [0.3, 0.4) is 0 Å². The lowest BCUT2D eigenvalue weighted by atomic mass is 9.88. The molecule has 0 aromatic rings. The topological polar surface area (TPSA) is 64.4 Å². The van der Waals surface area contributed by atoms with Crippen molar-refractivity contribution in [2.75, 3.05) is 19.8 Å². The van der Waals surface area contributed by atoms with Gasteiger partial charge in [-0.2, -0.15) is 0 Å². The Morgan fingerprint density at radius 3 is 2.60 bits per heavy atom. The lowest BCUT2D eigenvalue weighted by Crippen LogP contribution is -2.56. The van der Waals surface area contributed by atoms with Gasteiger partial charge in [-0.1, -0.05) is 20.3 Å². The van der Waals surface area contributed by atoms with E-state index in [1.807, 2.05) is 6.92 Å². The van der Waals surface area contributed by atoms with Crippen LogP contribution in [0.15, 0.2) is 0 Å². The Hall–Kier alpha value is -0.610. The maximum Gasteiger partial charge on any atom is 0.239 e. The molecule has 0 spiro atoms. The van der Waals surface area contributed by atoms with Crippen LogP contribution in [-0.4, -0.2) is 31.2 Å². The van der Waals surface area contributed by atoms with Gasteiger partial charge in [0.05, 0.1) is 18.8 Å². The first kappa shape index (κ1) is 12.5. The van der Waals surface area contributed by atoms with Crippen LogP contribution in [0.5, 0.6) is 0 Å². The maximum atomic E-state index is 11.8. The Kier molecular flexibility index (Phi) is 3.73. The van der Waals surface area contributed by atoms with Crippen LogP contribution in [0.2, 0.25) is 0 Å². The Bertz CT molecular complexity index is 235. The Balaban J connectivity index is 2.34. The fourth-order valence-electron chi connectivity index (χ4n) is 1.68. The first-order valence-corrected chi connectivity index (χ1v) is 5.55. The van der Waals surface area contributed by atoms with E-state index in [1.54, 1.807) is 6.92 Å². The normalized spacial score (nSPS) is 22.7. The second-order valence-corrected chi connectivity index (χ2v) is 5.15. The molecule has 3 N–H and O–H groups in total. The standard InChI is InChI=1S/C11H22N2O2/c1-4-5-11(3,12)9(14)13-6-10(2)7-15-8-10/h4-8,12H2,1-3H3,(H,13,14). The zero-order valence-electron chi connectivity index (χ0n) is 9.93. The van der Waals surface area contributed by atoms with Gasteiger partial charge in [0.15, 0.2) is 0 Å². The Morgan fingerprint density at radius 2 is 2.20 bits per heavy atom. The maximum absolute atomic E-state index is 11.8. The molecule has 15 heavy (non-hydrogen) atoms. The molecule has 0 bridgehead atoms. The van der Waals surface area contributed by atoms with E-state index in [-0.39, 0.29) is 11.3 Å². The summed E-state index contributed by atoms with van der Waals surface area (Å²) in [5.41, 5.74) is 5.29. The molecular formula is C11H22N2O2. The Labute approximate surface area is 91.5 Å². The number of amides is 1. The van der Waals surface area contributed by atoms with Gasteiger partial charge in [-0.25, -0.2) is 0 Å². The van der Waals surface area contributed by atoms with E-state index in [9.17, 15) is 4.79 Å². The first-order valence-electron chi connectivity index (χ1n) is 5.55. The minimum absolute atomic E-state index is 0.0579. The average Bonchev–Trinajstić information content (AvgIpc) is 2.11. The molecule has 1 atom stereocenters. The van der Waals surface area contributed by atoms with E-state index in [4.69, 9.17) is 10.5 Å². The minimum atomic E-state index is -0.740. The van der Waals surface area contributed by atoms with Crippen LogP contribution in [-0.2, 0) is 9.53 Å². The summed E-state index contributed by atoms with van der Waals surface area (Å²) in [6, 6.07) is 0. The molecule has 1 rings (SSSR count). The fraction of sp³-hybridized carbons (Fsp3) is 0.909. The van der Waals surface area contributed by atoms with Gasteiger partial charge in [0.2, 0.25) is 5.91 Å². The Morgan fingerprint density at radius 1 is 1.60 bits per heavy atom. The summed E-state index contributed by atoms with van der Waals surface area (Å²) in [4.78, 5) is 11.8. The lowest BCUT2D eigenvalue weighted by Gasteiger charge is -2.38. The number of carbonyl (C=O) groups excluding carboxylic acids is 1. The SMILES string of the molecule is CCCC(C)(N)C(=O)NCC1(C)COC1. The summed E-state index contributed by atoms with van der Waals surface area (Å²) in [5, 5.41) is 2.91. The van der Waals surface area contributed by atoms with Crippen molar-refractivity contribution < 1.29 is 9.53 Å². The van der Waals surface area contributed by atoms with Crippen molar-refractivity contribution in [3.8, 4) is 0 Å². The smallest absolute Gasteiger partial charge is 0.239 e. The zero-order valence-corrected chi connectivity index (χ0v) is 9.93. The van der Waals surface area contributed by atoms with E-state index in [0.29, 0.717) is 13.0 Å². The fourth-order valence-corrected chi connectivity index (χ4v) is 1.68. The molecule has 0 saturated carbocycles. The van der Waals surface area contributed by atoms with Gasteiger partial charge in [0, 0.05) is 12.0 Å². The third-order valence-corrected chi connectivity index (χ3v) is 2.86. The summed E-state index contributed by atoms with van der Waals surface area (Å²) >= 11 is 0. The van der Waals surface area contributed by atoms with Crippen LogP contribution in [0.4, 0.5) is 0 Å². The van der Waals surface area contributed by atoms with Crippen molar-refractivity contribution in [1.82, 2.24) is 5.32 Å². The summed E-state index contributed by atoms with van der Waals surface area (Å²) in [7, 11) is 0.